The summed E-state index contributed by atoms with van der Waals surface area (Å²) in [6, 6.07) is 8.31. The monoisotopic (exact) mass is 356 g/mol. The third kappa shape index (κ3) is 2.59. The highest BCUT2D eigenvalue weighted by Gasteiger charge is 2.39. The predicted molar refractivity (Wildman–Crippen MR) is 97.3 cm³/mol. The number of carbonyl (C=O) groups excluding carboxylic acids is 1. The molecule has 0 spiro atoms. The van der Waals surface area contributed by atoms with Crippen molar-refractivity contribution in [2.45, 2.75) is 25.4 Å². The van der Waals surface area contributed by atoms with Gasteiger partial charge in [-0.2, -0.15) is 0 Å². The molecule has 1 atom stereocenters. The van der Waals surface area contributed by atoms with E-state index in [0.29, 0.717) is 13.0 Å². The van der Waals surface area contributed by atoms with Crippen molar-refractivity contribution in [1.82, 2.24) is 15.2 Å². The van der Waals surface area contributed by atoms with Gasteiger partial charge in [0.2, 0.25) is 5.91 Å². The number of thiazole rings is 1. The van der Waals surface area contributed by atoms with Crippen molar-refractivity contribution in [3.05, 3.63) is 51.8 Å². The minimum atomic E-state index is -0.566. The van der Waals surface area contributed by atoms with E-state index in [1.54, 1.807) is 17.5 Å². The standard InChI is InChI=1S/C17H16N4OS2/c1-17(12-2-3-13-11(8-12)4-6-23-13)9-15(22)21(16(18)20-17)10-14-19-5-7-24-14/h2-8H,9-10H2,1H3,(H2,18,20)/t17-/m0/s1. The number of hydrogen-bond acceptors (Lipinski definition) is 5. The Balaban J connectivity index is 1.61. The smallest absolute Gasteiger partial charge is 0.232 e. The highest BCUT2D eigenvalue weighted by Crippen LogP contribution is 2.33. The Hall–Kier alpha value is -2.25. The van der Waals surface area contributed by atoms with Crippen molar-refractivity contribution >= 4 is 44.6 Å². The molecule has 1 saturated heterocycles. The molecular weight excluding hydrogens is 340 g/mol. The summed E-state index contributed by atoms with van der Waals surface area (Å²) in [5.41, 5.74) is 0.462. The summed E-state index contributed by atoms with van der Waals surface area (Å²) < 4.78 is 1.23. The van der Waals surface area contributed by atoms with Gasteiger partial charge in [-0.15, -0.1) is 22.7 Å². The van der Waals surface area contributed by atoms with Gasteiger partial charge < -0.3 is 5.32 Å². The second-order valence-corrected chi connectivity index (χ2v) is 7.99. The molecule has 1 amide bonds. The fourth-order valence-electron chi connectivity index (χ4n) is 3.01. The van der Waals surface area contributed by atoms with Crippen molar-refractivity contribution in [1.29, 1.82) is 5.41 Å². The van der Waals surface area contributed by atoms with Crippen LogP contribution in [0.3, 0.4) is 0 Å². The average Bonchev–Trinajstić information content (AvgIpc) is 3.21. The van der Waals surface area contributed by atoms with Crippen LogP contribution in [0.1, 0.15) is 23.9 Å². The third-order valence-corrected chi connectivity index (χ3v) is 6.00. The number of amides is 1. The zero-order chi connectivity index (χ0) is 16.7. The number of hydrogen-bond donors (Lipinski definition) is 2. The molecule has 24 heavy (non-hydrogen) atoms. The van der Waals surface area contributed by atoms with Gasteiger partial charge in [0, 0.05) is 16.3 Å². The van der Waals surface area contributed by atoms with Crippen LogP contribution in [0.2, 0.25) is 0 Å². The number of nitrogens with one attached hydrogen (secondary N) is 2. The van der Waals surface area contributed by atoms with Gasteiger partial charge in [-0.05, 0) is 41.5 Å². The lowest BCUT2D eigenvalue weighted by Gasteiger charge is -2.40. The number of rotatable bonds is 3. The first-order valence-corrected chi connectivity index (χ1v) is 9.34. The van der Waals surface area contributed by atoms with Gasteiger partial charge in [0.05, 0.1) is 18.5 Å². The molecule has 0 unspecified atom stereocenters. The maximum atomic E-state index is 12.7. The quantitative estimate of drug-likeness (QED) is 0.754. The van der Waals surface area contributed by atoms with E-state index in [1.165, 1.54) is 26.3 Å². The van der Waals surface area contributed by atoms with Crippen molar-refractivity contribution in [2.24, 2.45) is 0 Å². The molecule has 1 aliphatic rings. The molecule has 3 aromatic rings. The fraction of sp³-hybridized carbons (Fsp3) is 0.235. The lowest BCUT2D eigenvalue weighted by Crippen LogP contribution is -2.59. The topological polar surface area (TPSA) is 69.1 Å². The first kappa shape index (κ1) is 15.3. The van der Waals surface area contributed by atoms with Gasteiger partial charge in [0.15, 0.2) is 5.96 Å². The summed E-state index contributed by atoms with van der Waals surface area (Å²) in [5.74, 6) is 0.0798. The molecule has 0 radical (unpaired) electrons. The number of guanidine groups is 1. The molecule has 0 saturated carbocycles. The molecule has 3 heterocycles. The Kier molecular flexibility index (Phi) is 3.62. The van der Waals surface area contributed by atoms with Crippen LogP contribution in [0.15, 0.2) is 41.2 Å². The summed E-state index contributed by atoms with van der Waals surface area (Å²) in [7, 11) is 0. The van der Waals surface area contributed by atoms with Crippen LogP contribution in [-0.4, -0.2) is 21.8 Å². The highest BCUT2D eigenvalue weighted by molar-refractivity contribution is 7.17. The van der Waals surface area contributed by atoms with Crippen molar-refractivity contribution in [3.8, 4) is 0 Å². The largest absolute Gasteiger partial charge is 0.346 e. The molecule has 1 fully saturated rings. The van der Waals surface area contributed by atoms with Crippen LogP contribution in [-0.2, 0) is 16.9 Å². The predicted octanol–water partition coefficient (Wildman–Crippen LogP) is 3.53. The Morgan fingerprint density at radius 1 is 1.33 bits per heavy atom. The molecule has 122 valence electrons. The molecule has 0 bridgehead atoms. The van der Waals surface area contributed by atoms with Gasteiger partial charge in [0.25, 0.3) is 0 Å². The van der Waals surface area contributed by atoms with E-state index in [0.717, 1.165) is 10.6 Å². The van der Waals surface area contributed by atoms with E-state index in [2.05, 4.69) is 33.9 Å². The van der Waals surface area contributed by atoms with Gasteiger partial charge >= 0.3 is 0 Å². The van der Waals surface area contributed by atoms with Crippen LogP contribution in [0.25, 0.3) is 10.1 Å². The number of nitrogens with zero attached hydrogens (tertiary/aromatic N) is 2. The van der Waals surface area contributed by atoms with Crippen LogP contribution in [0, 0.1) is 5.41 Å². The molecule has 1 aliphatic heterocycles. The number of thiophene rings is 1. The number of carbonyl (C=O) groups is 1. The van der Waals surface area contributed by atoms with E-state index in [1.807, 2.05) is 18.4 Å². The lowest BCUT2D eigenvalue weighted by molar-refractivity contribution is -0.131. The zero-order valence-electron chi connectivity index (χ0n) is 13.1. The maximum absolute atomic E-state index is 12.7. The molecule has 2 aromatic heterocycles. The van der Waals surface area contributed by atoms with Gasteiger partial charge in [-0.3, -0.25) is 15.1 Å². The average molecular weight is 356 g/mol. The summed E-state index contributed by atoms with van der Waals surface area (Å²) in [6.45, 7) is 2.33. The van der Waals surface area contributed by atoms with E-state index in [-0.39, 0.29) is 11.9 Å². The Morgan fingerprint density at radius 3 is 2.96 bits per heavy atom. The molecule has 4 rings (SSSR count). The van der Waals surface area contributed by atoms with Gasteiger partial charge in [0.1, 0.15) is 5.01 Å². The zero-order valence-corrected chi connectivity index (χ0v) is 14.7. The Bertz CT molecular complexity index is 898. The third-order valence-electron chi connectivity index (χ3n) is 4.34. The van der Waals surface area contributed by atoms with Gasteiger partial charge in [-0.25, -0.2) is 4.98 Å². The molecule has 7 heteroatoms. The molecular formula is C17H16N4OS2. The number of benzene rings is 1. The second-order valence-electron chi connectivity index (χ2n) is 6.06. The summed E-state index contributed by atoms with van der Waals surface area (Å²) in [4.78, 5) is 18.3. The summed E-state index contributed by atoms with van der Waals surface area (Å²) in [5, 5.41) is 17.5. The van der Waals surface area contributed by atoms with E-state index in [9.17, 15) is 4.79 Å². The molecule has 5 nitrogen and oxygen atoms in total. The van der Waals surface area contributed by atoms with Gasteiger partial charge in [-0.1, -0.05) is 6.07 Å². The Labute approximate surface area is 147 Å². The van der Waals surface area contributed by atoms with Crippen molar-refractivity contribution in [3.63, 3.8) is 0 Å². The maximum Gasteiger partial charge on any atom is 0.232 e. The molecule has 0 aliphatic carbocycles. The first-order chi connectivity index (χ1) is 11.5. The SMILES string of the molecule is C[C@@]1(c2ccc3sccc3c2)CC(=O)N(Cc2nccs2)C(=N)N1. The first-order valence-electron chi connectivity index (χ1n) is 7.58. The van der Waals surface area contributed by atoms with E-state index in [4.69, 9.17) is 5.41 Å². The summed E-state index contributed by atoms with van der Waals surface area (Å²) >= 11 is 3.19. The number of aromatic nitrogens is 1. The van der Waals surface area contributed by atoms with Crippen LogP contribution >= 0.6 is 22.7 Å². The van der Waals surface area contributed by atoms with E-state index >= 15 is 0 Å². The van der Waals surface area contributed by atoms with Crippen LogP contribution < -0.4 is 5.32 Å². The van der Waals surface area contributed by atoms with Crippen molar-refractivity contribution < 1.29 is 4.79 Å². The molecule has 2 N–H and O–H groups in total. The van der Waals surface area contributed by atoms with E-state index < -0.39 is 5.54 Å². The van der Waals surface area contributed by atoms with Crippen LogP contribution in [0.5, 0.6) is 0 Å². The van der Waals surface area contributed by atoms with Crippen LogP contribution in [0.4, 0.5) is 0 Å². The Morgan fingerprint density at radius 2 is 2.21 bits per heavy atom. The second kappa shape index (κ2) is 5.68. The highest BCUT2D eigenvalue weighted by atomic mass is 32.1. The minimum absolute atomic E-state index is 0.0538. The van der Waals surface area contributed by atoms with Crippen molar-refractivity contribution in [2.75, 3.05) is 0 Å². The lowest BCUT2D eigenvalue weighted by atomic mass is 9.86. The summed E-state index contributed by atoms with van der Waals surface area (Å²) in [6.07, 6.45) is 2.03. The molecule has 1 aromatic carbocycles. The number of fused-ring (bicyclic) bond motifs is 1. The minimum Gasteiger partial charge on any atom is -0.346 e. The fourth-order valence-corrected chi connectivity index (χ4v) is 4.39. The normalized spacial score (nSPS) is 21.3.